The number of hydrogen-bond acceptors (Lipinski definition) is 5. The molecule has 3 aromatic rings. The van der Waals surface area contributed by atoms with Crippen molar-refractivity contribution in [2.75, 3.05) is 25.1 Å². The maximum atomic E-state index is 12.9. The monoisotopic (exact) mass is 414 g/mol. The molecule has 9 heteroatoms. The van der Waals surface area contributed by atoms with Crippen LogP contribution in [0.15, 0.2) is 36.7 Å². The second-order valence-corrected chi connectivity index (χ2v) is 7.52. The van der Waals surface area contributed by atoms with E-state index in [9.17, 15) is 13.6 Å². The third kappa shape index (κ3) is 3.28. The van der Waals surface area contributed by atoms with Crippen molar-refractivity contribution < 1.29 is 23.0 Å². The van der Waals surface area contributed by atoms with E-state index in [1.807, 2.05) is 17.5 Å². The molecule has 1 saturated heterocycles. The highest BCUT2D eigenvalue weighted by Crippen LogP contribution is 2.57. The Morgan fingerprint density at radius 3 is 2.83 bits per heavy atom. The van der Waals surface area contributed by atoms with Crippen molar-refractivity contribution in [2.45, 2.75) is 19.3 Å². The van der Waals surface area contributed by atoms with Gasteiger partial charge < -0.3 is 19.2 Å². The van der Waals surface area contributed by atoms with Crippen molar-refractivity contribution >= 4 is 17.2 Å². The van der Waals surface area contributed by atoms with Gasteiger partial charge in [0.15, 0.2) is 11.4 Å². The Labute approximate surface area is 171 Å². The molecule has 2 fully saturated rings. The number of carbonyl (C=O) groups is 1. The first-order valence-corrected chi connectivity index (χ1v) is 9.84. The molecule has 1 aliphatic heterocycles. The Morgan fingerprint density at radius 1 is 1.30 bits per heavy atom. The number of fused-ring (bicyclic) bond motifs is 2. The number of alkyl halides is 2. The summed E-state index contributed by atoms with van der Waals surface area (Å²) in [7, 11) is 0. The topological polar surface area (TPSA) is 77.8 Å². The Bertz CT molecular complexity index is 1110. The SMILES string of the molecule is CCOc1cc(NC(=O)c2cccc(C(F)F)n2)cn2cc([C@H]3[C@@H]4COC[C@@H]43)nc12. The minimum absolute atomic E-state index is 0.0806. The molecular weight excluding hydrogens is 394 g/mol. The molecule has 156 valence electrons. The zero-order valence-electron chi connectivity index (χ0n) is 16.2. The van der Waals surface area contributed by atoms with Gasteiger partial charge in [0.1, 0.15) is 11.4 Å². The summed E-state index contributed by atoms with van der Waals surface area (Å²) >= 11 is 0. The number of amides is 1. The van der Waals surface area contributed by atoms with E-state index < -0.39 is 18.0 Å². The number of rotatable bonds is 6. The van der Waals surface area contributed by atoms with E-state index in [4.69, 9.17) is 14.5 Å². The fourth-order valence-electron chi connectivity index (χ4n) is 4.15. The summed E-state index contributed by atoms with van der Waals surface area (Å²) in [6, 6.07) is 5.65. The third-order valence-corrected chi connectivity index (χ3v) is 5.61. The molecule has 3 aromatic heterocycles. The van der Waals surface area contributed by atoms with Gasteiger partial charge in [0, 0.05) is 24.4 Å². The van der Waals surface area contributed by atoms with Crippen LogP contribution in [-0.4, -0.2) is 40.1 Å². The maximum absolute atomic E-state index is 12.9. The minimum atomic E-state index is -2.74. The number of nitrogens with zero attached hydrogens (tertiary/aromatic N) is 3. The molecule has 5 rings (SSSR count). The first-order valence-electron chi connectivity index (χ1n) is 9.84. The number of nitrogens with one attached hydrogen (secondary N) is 1. The lowest BCUT2D eigenvalue weighted by Crippen LogP contribution is -2.15. The molecule has 2 aliphatic rings. The highest BCUT2D eigenvalue weighted by molar-refractivity contribution is 6.03. The molecule has 0 aromatic carbocycles. The van der Waals surface area contributed by atoms with E-state index >= 15 is 0 Å². The van der Waals surface area contributed by atoms with Gasteiger partial charge in [0.25, 0.3) is 12.3 Å². The molecule has 1 N–H and O–H groups in total. The lowest BCUT2D eigenvalue weighted by Gasteiger charge is -2.10. The van der Waals surface area contributed by atoms with Crippen molar-refractivity contribution in [1.29, 1.82) is 0 Å². The number of anilines is 1. The van der Waals surface area contributed by atoms with Gasteiger partial charge in [-0.05, 0) is 30.9 Å². The molecule has 3 atom stereocenters. The minimum Gasteiger partial charge on any atom is -0.490 e. The van der Waals surface area contributed by atoms with Gasteiger partial charge in [-0.25, -0.2) is 18.7 Å². The lowest BCUT2D eigenvalue weighted by molar-refractivity contribution is 0.102. The van der Waals surface area contributed by atoms with Gasteiger partial charge in [-0.2, -0.15) is 0 Å². The standard InChI is InChI=1S/C21H20F2N4O3/c1-2-30-17-6-11(24-21(28)15-5-3-4-14(25-15)19(22)23)7-27-8-16(26-20(17)27)18-12-9-29-10-13(12)18/h3-8,12-13,18-19H,2,9-10H2,1H3,(H,24,28)/t12-,13+,18+. The zero-order valence-corrected chi connectivity index (χ0v) is 16.2. The summed E-state index contributed by atoms with van der Waals surface area (Å²) in [4.78, 5) is 21.0. The Kier molecular flexibility index (Phi) is 4.62. The molecule has 4 heterocycles. The van der Waals surface area contributed by atoms with Gasteiger partial charge >= 0.3 is 0 Å². The van der Waals surface area contributed by atoms with Crippen molar-refractivity contribution in [3.05, 3.63) is 53.7 Å². The maximum Gasteiger partial charge on any atom is 0.280 e. The van der Waals surface area contributed by atoms with Gasteiger partial charge in [-0.15, -0.1) is 0 Å². The summed E-state index contributed by atoms with van der Waals surface area (Å²) in [5, 5.41) is 2.71. The molecule has 1 amide bonds. The van der Waals surface area contributed by atoms with Crippen molar-refractivity contribution in [3.8, 4) is 5.75 Å². The summed E-state index contributed by atoms with van der Waals surface area (Å²) in [6.07, 6.45) is 0.944. The molecule has 0 bridgehead atoms. The van der Waals surface area contributed by atoms with Crippen LogP contribution < -0.4 is 10.1 Å². The van der Waals surface area contributed by atoms with Crippen LogP contribution in [0.25, 0.3) is 5.65 Å². The zero-order chi connectivity index (χ0) is 20.8. The summed E-state index contributed by atoms with van der Waals surface area (Å²) < 4.78 is 38.8. The van der Waals surface area contributed by atoms with E-state index in [0.717, 1.165) is 18.9 Å². The van der Waals surface area contributed by atoms with Crippen molar-refractivity contribution in [3.63, 3.8) is 0 Å². The van der Waals surface area contributed by atoms with Crippen LogP contribution in [0.3, 0.4) is 0 Å². The number of ether oxygens (including phenoxy) is 2. The van der Waals surface area contributed by atoms with E-state index in [0.29, 0.717) is 41.4 Å². The summed E-state index contributed by atoms with van der Waals surface area (Å²) in [5.41, 5.74) is 1.61. The fraction of sp³-hybridized carbons (Fsp3) is 0.381. The quantitative estimate of drug-likeness (QED) is 0.666. The smallest absolute Gasteiger partial charge is 0.280 e. The predicted octanol–water partition coefficient (Wildman–Crippen LogP) is 3.68. The van der Waals surface area contributed by atoms with Gasteiger partial charge in [-0.3, -0.25) is 4.79 Å². The molecule has 30 heavy (non-hydrogen) atoms. The van der Waals surface area contributed by atoms with Gasteiger partial charge in [-0.1, -0.05) is 6.07 Å². The third-order valence-electron chi connectivity index (χ3n) is 5.61. The molecule has 7 nitrogen and oxygen atoms in total. The summed E-state index contributed by atoms with van der Waals surface area (Å²) in [6.45, 7) is 3.85. The van der Waals surface area contributed by atoms with Crippen LogP contribution in [0.2, 0.25) is 0 Å². The van der Waals surface area contributed by atoms with E-state index in [1.54, 1.807) is 12.3 Å². The average molecular weight is 414 g/mol. The largest absolute Gasteiger partial charge is 0.490 e. The number of hydrogen-bond donors (Lipinski definition) is 1. The van der Waals surface area contributed by atoms with E-state index in [2.05, 4.69) is 10.3 Å². The van der Waals surface area contributed by atoms with Crippen LogP contribution in [0.5, 0.6) is 5.75 Å². The molecule has 0 unspecified atom stereocenters. The number of imidazole rings is 1. The Morgan fingerprint density at radius 2 is 2.10 bits per heavy atom. The van der Waals surface area contributed by atoms with Gasteiger partial charge in [0.2, 0.25) is 0 Å². The number of aromatic nitrogens is 3. The van der Waals surface area contributed by atoms with Gasteiger partial charge in [0.05, 0.1) is 31.2 Å². The molecule has 1 aliphatic carbocycles. The predicted molar refractivity (Wildman–Crippen MR) is 104 cm³/mol. The van der Waals surface area contributed by atoms with Crippen LogP contribution in [0.1, 0.15) is 41.1 Å². The van der Waals surface area contributed by atoms with Crippen molar-refractivity contribution in [2.24, 2.45) is 11.8 Å². The fourth-order valence-corrected chi connectivity index (χ4v) is 4.15. The Hall–Kier alpha value is -3.07. The second kappa shape index (κ2) is 7.32. The molecule has 0 radical (unpaired) electrons. The van der Waals surface area contributed by atoms with E-state index in [1.165, 1.54) is 18.2 Å². The van der Waals surface area contributed by atoms with Crippen LogP contribution >= 0.6 is 0 Å². The number of pyridine rings is 2. The average Bonchev–Trinajstić information content (AvgIpc) is 3.07. The molecule has 1 saturated carbocycles. The first-order chi connectivity index (χ1) is 14.5. The van der Waals surface area contributed by atoms with Crippen LogP contribution in [0.4, 0.5) is 14.5 Å². The second-order valence-electron chi connectivity index (χ2n) is 7.52. The van der Waals surface area contributed by atoms with Crippen LogP contribution in [-0.2, 0) is 4.74 Å². The highest BCUT2D eigenvalue weighted by Gasteiger charge is 2.55. The lowest BCUT2D eigenvalue weighted by atomic mass is 10.2. The molecular formula is C21H20F2N4O3. The first kappa shape index (κ1) is 18.9. The number of carbonyl (C=O) groups excluding carboxylic acids is 1. The summed E-state index contributed by atoms with van der Waals surface area (Å²) in [5.74, 6) is 1.41. The normalized spacial score (nSPS) is 22.3. The van der Waals surface area contributed by atoms with Crippen molar-refractivity contribution in [1.82, 2.24) is 14.4 Å². The van der Waals surface area contributed by atoms with Crippen LogP contribution in [0, 0.1) is 11.8 Å². The number of halogens is 2. The Balaban J connectivity index is 1.44. The highest BCUT2D eigenvalue weighted by atomic mass is 19.3. The van der Waals surface area contributed by atoms with E-state index in [-0.39, 0.29) is 5.69 Å². The molecule has 0 spiro atoms.